The molecule has 1 atom stereocenters. The molecule has 0 amide bonds. The number of ether oxygens (including phenoxy) is 2. The van der Waals surface area contributed by atoms with E-state index in [9.17, 15) is 0 Å². The van der Waals surface area contributed by atoms with Crippen LogP contribution in [-0.4, -0.2) is 13.2 Å². The van der Waals surface area contributed by atoms with Gasteiger partial charge in [-0.05, 0) is 48.7 Å². The number of hydrogen-bond donors (Lipinski definition) is 0. The van der Waals surface area contributed by atoms with Crippen LogP contribution in [0.1, 0.15) is 11.1 Å². The van der Waals surface area contributed by atoms with Gasteiger partial charge in [-0.3, -0.25) is 0 Å². The molecule has 97 valence electrons. The molecule has 1 aliphatic rings. The van der Waals surface area contributed by atoms with Crippen LogP contribution in [0.2, 0.25) is 0 Å². The van der Waals surface area contributed by atoms with Gasteiger partial charge in [-0.1, -0.05) is 18.2 Å². The molecule has 1 heterocycles. The third-order valence-corrected chi connectivity index (χ3v) is 3.44. The fourth-order valence-electron chi connectivity index (χ4n) is 2.58. The van der Waals surface area contributed by atoms with Gasteiger partial charge in [-0.2, -0.15) is 0 Å². The summed E-state index contributed by atoms with van der Waals surface area (Å²) in [6, 6.07) is 12.4. The largest absolute Gasteiger partial charge is 0.497 e. The number of fused-ring (bicyclic) bond motifs is 1. The van der Waals surface area contributed by atoms with E-state index in [0.717, 1.165) is 29.0 Å². The van der Waals surface area contributed by atoms with E-state index in [0.29, 0.717) is 0 Å². The highest BCUT2D eigenvalue weighted by Crippen LogP contribution is 2.40. The summed E-state index contributed by atoms with van der Waals surface area (Å²) in [5, 5.41) is 0. The summed E-state index contributed by atoms with van der Waals surface area (Å²) >= 11 is 0. The lowest BCUT2D eigenvalue weighted by atomic mass is 9.98. The van der Waals surface area contributed by atoms with Crippen molar-refractivity contribution in [2.45, 2.75) is 19.4 Å². The first kappa shape index (κ1) is 12.1. The molecular weight excluding hydrogens is 236 g/mol. The van der Waals surface area contributed by atoms with Crippen molar-refractivity contribution in [3.8, 4) is 22.6 Å². The Morgan fingerprint density at radius 2 is 1.95 bits per heavy atom. The van der Waals surface area contributed by atoms with Crippen LogP contribution >= 0.6 is 0 Å². The molecule has 0 spiro atoms. The van der Waals surface area contributed by atoms with Crippen LogP contribution in [0.25, 0.3) is 11.1 Å². The first-order valence-corrected chi connectivity index (χ1v) is 6.45. The minimum atomic E-state index is 0.0220. The van der Waals surface area contributed by atoms with Crippen LogP contribution < -0.4 is 9.47 Å². The fourth-order valence-corrected chi connectivity index (χ4v) is 2.58. The van der Waals surface area contributed by atoms with Crippen LogP contribution in [0.5, 0.6) is 11.5 Å². The molecule has 2 aromatic rings. The Morgan fingerprint density at radius 1 is 1.21 bits per heavy atom. The van der Waals surface area contributed by atoms with Gasteiger partial charge in [-0.15, -0.1) is 0 Å². The highest BCUT2D eigenvalue weighted by molar-refractivity contribution is 5.74. The second-order valence-corrected chi connectivity index (χ2v) is 4.97. The van der Waals surface area contributed by atoms with Gasteiger partial charge < -0.3 is 9.47 Å². The van der Waals surface area contributed by atoms with Crippen LogP contribution in [0, 0.1) is 13.8 Å². The first-order chi connectivity index (χ1) is 9.17. The van der Waals surface area contributed by atoms with Gasteiger partial charge in [0.05, 0.1) is 7.11 Å². The van der Waals surface area contributed by atoms with Gasteiger partial charge >= 0.3 is 0 Å². The third kappa shape index (κ3) is 2.19. The molecule has 0 N–H and O–H groups in total. The molecule has 0 fully saturated rings. The smallest absolute Gasteiger partial charge is 0.130 e. The molecule has 2 nitrogen and oxygen atoms in total. The standard InChI is InChI=1S/C17H17O2/c1-11-8-14-10-12(2)19-17(14)16(9-11)13-4-6-15(18-3)7-5-13/h4-9,12H,2,10H2,1,3H3. The molecule has 2 heteroatoms. The van der Waals surface area contributed by atoms with Crippen molar-refractivity contribution in [3.63, 3.8) is 0 Å². The fraction of sp³-hybridized carbons (Fsp3) is 0.235. The molecular formula is C17H17O2. The lowest BCUT2D eigenvalue weighted by Crippen LogP contribution is -2.06. The molecule has 0 saturated carbocycles. The number of hydrogen-bond acceptors (Lipinski definition) is 2. The second-order valence-electron chi connectivity index (χ2n) is 4.97. The Bertz CT molecular complexity index is 599. The molecule has 0 saturated heterocycles. The predicted octanol–water partition coefficient (Wildman–Crippen LogP) is 3.81. The summed E-state index contributed by atoms with van der Waals surface area (Å²) in [5.74, 6) is 1.85. The average molecular weight is 253 g/mol. The third-order valence-electron chi connectivity index (χ3n) is 3.44. The normalized spacial score (nSPS) is 16.9. The van der Waals surface area contributed by atoms with Crippen LogP contribution in [0.4, 0.5) is 0 Å². The maximum atomic E-state index is 5.86. The van der Waals surface area contributed by atoms with E-state index in [4.69, 9.17) is 9.47 Å². The quantitative estimate of drug-likeness (QED) is 0.810. The number of benzene rings is 2. The molecule has 1 radical (unpaired) electrons. The average Bonchev–Trinajstić information content (AvgIpc) is 2.78. The number of rotatable bonds is 2. The number of methoxy groups -OCH3 is 1. The van der Waals surface area contributed by atoms with E-state index in [2.05, 4.69) is 38.1 Å². The van der Waals surface area contributed by atoms with Gasteiger partial charge in [0.15, 0.2) is 0 Å². The Labute approximate surface area is 114 Å². The summed E-state index contributed by atoms with van der Waals surface area (Å²) < 4.78 is 11.1. The Balaban J connectivity index is 2.09. The van der Waals surface area contributed by atoms with E-state index < -0.39 is 0 Å². The summed E-state index contributed by atoms with van der Waals surface area (Å²) in [6.45, 7) is 6.12. The zero-order chi connectivity index (χ0) is 13.4. The summed E-state index contributed by atoms with van der Waals surface area (Å²) in [7, 11) is 1.68. The minimum absolute atomic E-state index is 0.0220. The summed E-state index contributed by atoms with van der Waals surface area (Å²) in [6.07, 6.45) is 0.911. The molecule has 0 aliphatic carbocycles. The van der Waals surface area contributed by atoms with Gasteiger partial charge in [0, 0.05) is 12.0 Å². The van der Waals surface area contributed by atoms with Crippen molar-refractivity contribution in [1.82, 2.24) is 0 Å². The van der Waals surface area contributed by atoms with Gasteiger partial charge in [0.2, 0.25) is 0 Å². The molecule has 3 rings (SSSR count). The summed E-state index contributed by atoms with van der Waals surface area (Å²) in [4.78, 5) is 0. The monoisotopic (exact) mass is 253 g/mol. The van der Waals surface area contributed by atoms with Crippen LogP contribution in [0.3, 0.4) is 0 Å². The van der Waals surface area contributed by atoms with Crippen LogP contribution in [0.15, 0.2) is 36.4 Å². The first-order valence-electron chi connectivity index (χ1n) is 6.45. The topological polar surface area (TPSA) is 18.5 Å². The van der Waals surface area contributed by atoms with Gasteiger partial charge in [0.1, 0.15) is 17.6 Å². The highest BCUT2D eigenvalue weighted by atomic mass is 16.5. The van der Waals surface area contributed by atoms with E-state index >= 15 is 0 Å². The summed E-state index contributed by atoms with van der Waals surface area (Å²) in [5.41, 5.74) is 4.80. The Hall–Kier alpha value is -1.96. The Morgan fingerprint density at radius 3 is 2.63 bits per heavy atom. The van der Waals surface area contributed by atoms with Gasteiger partial charge in [-0.25, -0.2) is 0 Å². The molecule has 2 aromatic carbocycles. The van der Waals surface area contributed by atoms with Gasteiger partial charge in [0.25, 0.3) is 0 Å². The lowest BCUT2D eigenvalue weighted by molar-refractivity contribution is 0.282. The second kappa shape index (κ2) is 4.61. The number of aryl methyl sites for hydroxylation is 1. The molecule has 0 aromatic heterocycles. The molecule has 19 heavy (non-hydrogen) atoms. The van der Waals surface area contributed by atoms with E-state index in [1.54, 1.807) is 7.11 Å². The van der Waals surface area contributed by atoms with Crippen molar-refractivity contribution in [1.29, 1.82) is 0 Å². The van der Waals surface area contributed by atoms with E-state index in [-0.39, 0.29) is 6.10 Å². The molecule has 1 unspecified atom stereocenters. The van der Waals surface area contributed by atoms with E-state index in [1.807, 2.05) is 12.1 Å². The zero-order valence-electron chi connectivity index (χ0n) is 11.3. The zero-order valence-corrected chi connectivity index (χ0v) is 11.3. The SMILES string of the molecule is [CH2]C1Cc2cc(C)cc(-c3ccc(OC)cc3)c2O1. The van der Waals surface area contributed by atoms with Crippen molar-refractivity contribution in [2.75, 3.05) is 7.11 Å². The lowest BCUT2D eigenvalue weighted by Gasteiger charge is -2.11. The van der Waals surface area contributed by atoms with Crippen molar-refractivity contribution < 1.29 is 9.47 Å². The predicted molar refractivity (Wildman–Crippen MR) is 76.6 cm³/mol. The minimum Gasteiger partial charge on any atom is -0.497 e. The van der Waals surface area contributed by atoms with Crippen molar-refractivity contribution in [3.05, 3.63) is 54.4 Å². The molecule has 0 bridgehead atoms. The van der Waals surface area contributed by atoms with Crippen molar-refractivity contribution in [2.24, 2.45) is 0 Å². The van der Waals surface area contributed by atoms with Crippen LogP contribution in [-0.2, 0) is 6.42 Å². The van der Waals surface area contributed by atoms with Crippen molar-refractivity contribution >= 4 is 0 Å². The Kier molecular flexibility index (Phi) is 2.94. The highest BCUT2D eigenvalue weighted by Gasteiger charge is 2.23. The van der Waals surface area contributed by atoms with E-state index in [1.165, 1.54) is 11.1 Å². The molecule has 1 aliphatic heterocycles. The maximum absolute atomic E-state index is 5.86. The maximum Gasteiger partial charge on any atom is 0.130 e.